The maximum Gasteiger partial charge on any atom is 0.412 e. The Morgan fingerprint density at radius 2 is 0.534 bits per heavy atom. The Balaban J connectivity index is 1.85. The van der Waals surface area contributed by atoms with Crippen molar-refractivity contribution in [3.05, 3.63) is 0 Å². The molecule has 0 aromatic heterocycles. The first kappa shape index (κ1) is 98.9. The number of esters is 16. The van der Waals surface area contributed by atoms with Gasteiger partial charge in [-0.05, 0) is 32.1 Å². The molecule has 0 spiro atoms. The molecule has 4 rings (SSSR count). The predicted molar refractivity (Wildman–Crippen MR) is 378 cm³/mol. The van der Waals surface area contributed by atoms with Crippen LogP contribution >= 0.6 is 0 Å². The van der Waals surface area contributed by atoms with Gasteiger partial charge in [-0.3, -0.25) is 67.1 Å². The van der Waals surface area contributed by atoms with Crippen LogP contribution in [0.2, 0.25) is 0 Å². The van der Waals surface area contributed by atoms with Crippen LogP contribution in [0.4, 0.5) is 19.2 Å². The Morgan fingerprint density at radius 1 is 0.280 bits per heavy atom. The van der Waals surface area contributed by atoms with E-state index in [-0.39, 0.29) is 45.2 Å². The van der Waals surface area contributed by atoms with E-state index < -0.39 is 288 Å². The molecule has 2 heterocycles. The molecule has 1 N–H and O–H groups in total. The standard InChI is InChI=1S/C72H102N4O42/c1-18-19-25-74(71(95)117-67-61(111-43(12)87)57(109-41(10)85)55(107-39(8)83)59(115-67)65(91)99-16)29-23-30-76(72(96)118-68-62(112-44(13)88)58(110-42(11)86)56(108-40(9)84)60(116-68)66(92)100-17)27-21-20-26-75(70(94)114-48-32-46(64(90)98-15)50(102-34(3)78)54(106-38(7)82)52(48)104-36(5)80)28-22-24-73-69(93)113-47-31-45(63(89)97-14)49(101-33(2)77)53(105-37(6)81)51(47)103-35(4)79/h45-62,67-68H,18-32H2,1-17H3,(H,73,93). The monoisotopic (exact) mass is 1690 g/mol. The van der Waals surface area contributed by atoms with Crippen molar-refractivity contribution in [1.29, 1.82) is 0 Å². The number of ether oxygens (including phenoxy) is 22. The lowest BCUT2D eigenvalue weighted by Crippen LogP contribution is -2.64. The first-order chi connectivity index (χ1) is 55.5. The molecule has 20 atom stereocenters. The normalized spacial score (nSPS) is 26.1. The minimum absolute atomic E-state index is 0.137. The van der Waals surface area contributed by atoms with Gasteiger partial charge in [-0.25, -0.2) is 28.8 Å². The number of hydrogen-bond donors (Lipinski definition) is 1. The van der Waals surface area contributed by atoms with Crippen LogP contribution in [0.3, 0.4) is 0 Å². The Hall–Kier alpha value is -11.5. The Bertz CT molecular complexity index is 3610. The summed E-state index contributed by atoms with van der Waals surface area (Å²) in [6.07, 6.45) is -40.5. The second-order valence-electron chi connectivity index (χ2n) is 26.8. The number of rotatable bonds is 36. The SMILES string of the molecule is CCCCN(CCCN(CCCCN(CCCNC(=O)OC1CC(C(=O)OC)C(OC(C)=O)C(OC(C)=O)C1OC(C)=O)C(=O)OC1CC(C(=O)OC)C(OC(C)=O)C(OC(C)=O)C1OC(C)=O)C(=O)OC1OC(C(=O)OC)C(OC(C)=O)C(OC(C)=O)C1OC(C)=O)C(=O)OC1OC(C(=O)OC)C(OC(C)=O)C(OC(C)=O)C1OC(C)=O. The third-order valence-corrected chi connectivity index (χ3v) is 17.6. The molecule has 2 saturated heterocycles. The average molecular weight is 1700 g/mol. The summed E-state index contributed by atoms with van der Waals surface area (Å²) in [5, 5.41) is 2.45. The van der Waals surface area contributed by atoms with Crippen LogP contribution in [0, 0.1) is 11.8 Å². The lowest BCUT2D eigenvalue weighted by molar-refractivity contribution is -0.289. The summed E-state index contributed by atoms with van der Waals surface area (Å²) < 4.78 is 120. The fourth-order valence-corrected chi connectivity index (χ4v) is 13.1. The summed E-state index contributed by atoms with van der Waals surface area (Å²) in [6, 6.07) is 0. The van der Waals surface area contributed by atoms with Crippen LogP contribution in [0.15, 0.2) is 0 Å². The first-order valence-electron chi connectivity index (χ1n) is 37.0. The quantitative estimate of drug-likeness (QED) is 0.0506. The number of alkyl carbamates (subject to hydrolysis) is 1. The van der Waals surface area contributed by atoms with Gasteiger partial charge >= 0.3 is 120 Å². The number of methoxy groups -OCH3 is 4. The second kappa shape index (κ2) is 47.7. The van der Waals surface area contributed by atoms with E-state index in [9.17, 15) is 91.1 Å². The van der Waals surface area contributed by atoms with Crippen molar-refractivity contribution in [2.45, 2.75) is 252 Å². The highest BCUT2D eigenvalue weighted by Gasteiger charge is 2.60. The van der Waals surface area contributed by atoms with Gasteiger partial charge in [0.05, 0.1) is 28.4 Å². The van der Waals surface area contributed by atoms with Crippen molar-refractivity contribution in [2.75, 3.05) is 74.3 Å². The fourth-order valence-electron chi connectivity index (χ4n) is 13.1. The van der Waals surface area contributed by atoms with Gasteiger partial charge in [0.25, 0.3) is 0 Å². The van der Waals surface area contributed by atoms with Gasteiger partial charge in [-0.15, -0.1) is 0 Å². The maximum atomic E-state index is 15.1. The minimum Gasteiger partial charge on any atom is -0.469 e. The van der Waals surface area contributed by atoms with E-state index in [1.54, 1.807) is 6.92 Å². The molecule has 46 nitrogen and oxygen atoms in total. The number of carbonyl (C=O) groups is 20. The number of carbonyl (C=O) groups excluding carboxylic acids is 20. The van der Waals surface area contributed by atoms with E-state index in [0.29, 0.717) is 6.42 Å². The average Bonchev–Trinajstić information content (AvgIpc) is 0.792. The molecular formula is C72H102N4O42. The molecule has 46 heteroatoms. The minimum atomic E-state index is -2.25. The van der Waals surface area contributed by atoms with Gasteiger partial charge in [0.2, 0.25) is 24.8 Å². The molecule has 2 saturated carbocycles. The molecule has 4 fully saturated rings. The molecule has 4 aliphatic rings. The second-order valence-corrected chi connectivity index (χ2v) is 26.8. The van der Waals surface area contributed by atoms with E-state index in [0.717, 1.165) is 126 Å². The van der Waals surface area contributed by atoms with Crippen LogP contribution in [0.1, 0.15) is 141 Å². The van der Waals surface area contributed by atoms with Crippen molar-refractivity contribution < 1.29 is 200 Å². The molecular weight excluding hydrogens is 1590 g/mol. The molecule has 4 amide bonds. The number of nitrogens with one attached hydrogen (secondary N) is 1. The first-order valence-corrected chi connectivity index (χ1v) is 37.0. The lowest BCUT2D eigenvalue weighted by atomic mass is 9.80. The van der Waals surface area contributed by atoms with Gasteiger partial charge in [0.1, 0.15) is 24.0 Å². The van der Waals surface area contributed by atoms with Gasteiger partial charge < -0.3 is 124 Å². The summed E-state index contributed by atoms with van der Waals surface area (Å²) in [4.78, 5) is 266. The van der Waals surface area contributed by atoms with Crippen molar-refractivity contribution in [3.8, 4) is 0 Å². The number of amides is 4. The van der Waals surface area contributed by atoms with E-state index in [1.165, 1.54) is 0 Å². The largest absolute Gasteiger partial charge is 0.469 e. The summed E-state index contributed by atoms with van der Waals surface area (Å²) >= 11 is 0. The van der Waals surface area contributed by atoms with Crippen LogP contribution < -0.4 is 5.32 Å². The molecule has 0 aromatic rings. The van der Waals surface area contributed by atoms with E-state index in [4.69, 9.17) is 104 Å². The van der Waals surface area contributed by atoms with Crippen LogP contribution in [-0.4, -0.2) is 319 Å². The van der Waals surface area contributed by atoms with E-state index >= 15 is 4.79 Å². The zero-order valence-electron chi connectivity index (χ0n) is 68.1. The summed E-state index contributed by atoms with van der Waals surface area (Å²) in [5.74, 6) is -20.2. The summed E-state index contributed by atoms with van der Waals surface area (Å²) in [6.45, 7) is 10.3. The topological polar surface area (TPSA) is 566 Å². The smallest absolute Gasteiger partial charge is 0.412 e. The Kier molecular flexibility index (Phi) is 39.9. The predicted octanol–water partition coefficient (Wildman–Crippen LogP) is 0.488. The molecule has 0 aromatic carbocycles. The van der Waals surface area contributed by atoms with Crippen molar-refractivity contribution in [1.82, 2.24) is 20.0 Å². The molecule has 0 radical (unpaired) electrons. The van der Waals surface area contributed by atoms with Crippen LogP contribution in [0.5, 0.6) is 0 Å². The van der Waals surface area contributed by atoms with Gasteiger partial charge in [-0.1, -0.05) is 13.3 Å². The van der Waals surface area contributed by atoms with Gasteiger partial charge in [0, 0.05) is 142 Å². The fraction of sp³-hybridized carbons (Fsp3) is 0.722. The molecule has 118 heavy (non-hydrogen) atoms. The van der Waals surface area contributed by atoms with E-state index in [1.807, 2.05) is 0 Å². The third kappa shape index (κ3) is 30.2. The van der Waals surface area contributed by atoms with Crippen LogP contribution in [0.25, 0.3) is 0 Å². The number of unbranched alkanes of at least 4 members (excludes halogenated alkanes) is 2. The molecule has 20 unspecified atom stereocenters. The van der Waals surface area contributed by atoms with Crippen molar-refractivity contribution >= 4 is 120 Å². The van der Waals surface area contributed by atoms with Crippen molar-refractivity contribution in [2.24, 2.45) is 11.8 Å². The highest BCUT2D eigenvalue weighted by molar-refractivity contribution is 5.81. The molecule has 662 valence electrons. The summed E-state index contributed by atoms with van der Waals surface area (Å²) in [5.41, 5.74) is 0. The lowest BCUT2D eigenvalue weighted by Gasteiger charge is -2.43. The highest BCUT2D eigenvalue weighted by Crippen LogP contribution is 2.39. The van der Waals surface area contributed by atoms with Gasteiger partial charge in [0.15, 0.2) is 73.2 Å². The van der Waals surface area contributed by atoms with Gasteiger partial charge in [-0.2, -0.15) is 0 Å². The highest BCUT2D eigenvalue weighted by atomic mass is 16.8. The number of hydrogen-bond acceptors (Lipinski definition) is 42. The molecule has 2 aliphatic heterocycles. The van der Waals surface area contributed by atoms with Crippen molar-refractivity contribution in [3.63, 3.8) is 0 Å². The summed E-state index contributed by atoms with van der Waals surface area (Å²) in [7, 11) is 3.79. The zero-order chi connectivity index (χ0) is 88.7. The van der Waals surface area contributed by atoms with Crippen LogP contribution in [-0.2, 0) is 181 Å². The third-order valence-electron chi connectivity index (χ3n) is 17.6. The van der Waals surface area contributed by atoms with E-state index in [2.05, 4.69) is 5.32 Å². The zero-order valence-corrected chi connectivity index (χ0v) is 68.1. The maximum absolute atomic E-state index is 15.1. The Labute approximate surface area is 675 Å². The molecule has 0 bridgehead atoms. The number of nitrogens with zero attached hydrogens (tertiary/aromatic N) is 3. The Morgan fingerprint density at radius 3 is 0.847 bits per heavy atom. The molecule has 2 aliphatic carbocycles.